The molecule has 6 heteroatoms. The van der Waals surface area contributed by atoms with Crippen LogP contribution in [0.25, 0.3) is 0 Å². The molecule has 6 nitrogen and oxygen atoms in total. The second-order valence-electron chi connectivity index (χ2n) is 5.99. The van der Waals surface area contributed by atoms with Gasteiger partial charge >= 0.3 is 0 Å². The number of guanidine groups is 1. The molecule has 0 spiro atoms. The van der Waals surface area contributed by atoms with Crippen LogP contribution in [0, 0.1) is 0 Å². The molecular weight excluding hydrogens is 330 g/mol. The summed E-state index contributed by atoms with van der Waals surface area (Å²) < 4.78 is 16.6. The van der Waals surface area contributed by atoms with Crippen LogP contribution >= 0.6 is 0 Å². The topological polar surface area (TPSA) is 78.1 Å². The van der Waals surface area contributed by atoms with E-state index in [4.69, 9.17) is 19.9 Å². The number of benzene rings is 2. The fourth-order valence-electron chi connectivity index (χ4n) is 2.98. The highest BCUT2D eigenvalue weighted by Gasteiger charge is 2.21. The van der Waals surface area contributed by atoms with Crippen molar-refractivity contribution in [1.29, 1.82) is 0 Å². The van der Waals surface area contributed by atoms with Crippen LogP contribution in [-0.4, -0.2) is 26.3 Å². The van der Waals surface area contributed by atoms with E-state index in [1.165, 1.54) is 0 Å². The van der Waals surface area contributed by atoms with Gasteiger partial charge in [0.15, 0.2) is 17.5 Å². The van der Waals surface area contributed by atoms with E-state index in [-0.39, 0.29) is 6.04 Å². The second kappa shape index (κ2) is 8.47. The third-order valence-electron chi connectivity index (χ3n) is 4.24. The van der Waals surface area contributed by atoms with Gasteiger partial charge in [-0.15, -0.1) is 0 Å². The predicted octanol–water partition coefficient (Wildman–Crippen LogP) is 3.02. The van der Waals surface area contributed by atoms with Crippen molar-refractivity contribution in [3.8, 4) is 17.2 Å². The van der Waals surface area contributed by atoms with Gasteiger partial charge in [-0.1, -0.05) is 24.3 Å². The maximum atomic E-state index is 6.10. The zero-order valence-electron chi connectivity index (χ0n) is 15.2. The molecule has 26 heavy (non-hydrogen) atoms. The van der Waals surface area contributed by atoms with Crippen LogP contribution in [0.4, 0.5) is 0 Å². The lowest BCUT2D eigenvalue weighted by atomic mass is 10.0. The molecule has 0 aliphatic carbocycles. The van der Waals surface area contributed by atoms with Gasteiger partial charge < -0.3 is 25.3 Å². The first-order valence-corrected chi connectivity index (χ1v) is 8.79. The number of rotatable bonds is 6. The zero-order valence-corrected chi connectivity index (χ0v) is 15.2. The Bertz CT molecular complexity index is 777. The Hall–Kier alpha value is -2.89. The fourth-order valence-corrected chi connectivity index (χ4v) is 2.98. The number of methoxy groups -OCH3 is 1. The van der Waals surface area contributed by atoms with E-state index in [9.17, 15) is 0 Å². The van der Waals surface area contributed by atoms with E-state index >= 15 is 0 Å². The van der Waals surface area contributed by atoms with Crippen LogP contribution in [0.1, 0.15) is 30.5 Å². The van der Waals surface area contributed by atoms with Gasteiger partial charge in [0.05, 0.1) is 32.9 Å². The van der Waals surface area contributed by atoms with E-state index in [0.717, 1.165) is 29.0 Å². The monoisotopic (exact) mass is 355 g/mol. The summed E-state index contributed by atoms with van der Waals surface area (Å²) in [6.07, 6.45) is 0.851. The van der Waals surface area contributed by atoms with Crippen LogP contribution in [0.2, 0.25) is 0 Å². The maximum absolute atomic E-state index is 6.10. The molecule has 0 saturated heterocycles. The molecule has 138 valence electrons. The number of nitrogens with two attached hydrogens (primary N) is 1. The molecule has 0 aromatic heterocycles. The number of nitrogens with one attached hydrogen (secondary N) is 1. The summed E-state index contributed by atoms with van der Waals surface area (Å²) in [5.41, 5.74) is 8.21. The molecule has 3 rings (SSSR count). The van der Waals surface area contributed by atoms with Crippen molar-refractivity contribution in [2.24, 2.45) is 10.7 Å². The minimum Gasteiger partial charge on any atom is -0.493 e. The molecule has 2 aromatic carbocycles. The Morgan fingerprint density at radius 2 is 2.12 bits per heavy atom. The minimum absolute atomic E-state index is 0.110. The number of nitrogens with zero attached hydrogens (tertiary/aromatic N) is 1. The van der Waals surface area contributed by atoms with Gasteiger partial charge in [-0.3, -0.25) is 0 Å². The van der Waals surface area contributed by atoms with Gasteiger partial charge in [-0.05, 0) is 30.7 Å². The highest BCUT2D eigenvalue weighted by atomic mass is 16.5. The molecule has 0 fully saturated rings. The molecule has 1 atom stereocenters. The van der Waals surface area contributed by atoms with Gasteiger partial charge in [0.1, 0.15) is 5.75 Å². The van der Waals surface area contributed by atoms with Crippen LogP contribution < -0.4 is 25.3 Å². The van der Waals surface area contributed by atoms with Gasteiger partial charge in [0, 0.05) is 12.0 Å². The lowest BCUT2D eigenvalue weighted by molar-refractivity contribution is 0.262. The Kier molecular flexibility index (Phi) is 5.84. The summed E-state index contributed by atoms with van der Waals surface area (Å²) in [7, 11) is 1.63. The number of para-hydroxylation sites is 1. The number of fused-ring (bicyclic) bond motifs is 1. The van der Waals surface area contributed by atoms with Crippen LogP contribution in [0.3, 0.4) is 0 Å². The number of hydrogen-bond acceptors (Lipinski definition) is 4. The van der Waals surface area contributed by atoms with Crippen LogP contribution in [0.15, 0.2) is 47.5 Å². The van der Waals surface area contributed by atoms with Crippen LogP contribution in [-0.2, 0) is 6.54 Å². The van der Waals surface area contributed by atoms with Crippen molar-refractivity contribution in [3.63, 3.8) is 0 Å². The van der Waals surface area contributed by atoms with Gasteiger partial charge in [-0.2, -0.15) is 0 Å². The Morgan fingerprint density at radius 3 is 2.92 bits per heavy atom. The van der Waals surface area contributed by atoms with Gasteiger partial charge in [0.2, 0.25) is 0 Å². The summed E-state index contributed by atoms with van der Waals surface area (Å²) >= 11 is 0. The molecular formula is C20H25N3O3. The summed E-state index contributed by atoms with van der Waals surface area (Å²) in [6.45, 7) is 3.67. The summed E-state index contributed by atoms with van der Waals surface area (Å²) in [4.78, 5) is 4.46. The highest BCUT2D eigenvalue weighted by molar-refractivity contribution is 5.78. The molecule has 0 saturated carbocycles. The largest absolute Gasteiger partial charge is 0.493 e. The van der Waals surface area contributed by atoms with Crippen molar-refractivity contribution in [2.45, 2.75) is 25.9 Å². The second-order valence-corrected chi connectivity index (χ2v) is 5.99. The fraction of sp³-hybridized carbons (Fsp3) is 0.350. The predicted molar refractivity (Wildman–Crippen MR) is 102 cm³/mol. The average Bonchev–Trinajstić information content (AvgIpc) is 2.67. The Morgan fingerprint density at radius 1 is 1.27 bits per heavy atom. The van der Waals surface area contributed by atoms with E-state index in [1.807, 2.05) is 43.3 Å². The first-order chi connectivity index (χ1) is 12.7. The average molecular weight is 355 g/mol. The van der Waals surface area contributed by atoms with E-state index < -0.39 is 0 Å². The standard InChI is InChI=1S/C20H25N3O3/c1-3-25-18-9-8-14(12-19(18)24-2)13-22-20(21)23-16-10-11-26-17-7-5-4-6-15(16)17/h4-9,12,16H,3,10-11,13H2,1-2H3,(H3,21,22,23). The normalized spacial score (nSPS) is 16.4. The van der Waals surface area contributed by atoms with Crippen LogP contribution in [0.5, 0.6) is 17.2 Å². The smallest absolute Gasteiger partial charge is 0.189 e. The number of ether oxygens (including phenoxy) is 3. The van der Waals surface area contributed by atoms with E-state index in [1.54, 1.807) is 7.11 Å². The minimum atomic E-state index is 0.110. The number of aliphatic imine (C=N–C) groups is 1. The molecule has 2 aromatic rings. The zero-order chi connectivity index (χ0) is 18.4. The van der Waals surface area contributed by atoms with Crippen molar-refractivity contribution in [1.82, 2.24) is 5.32 Å². The van der Waals surface area contributed by atoms with Crippen molar-refractivity contribution in [3.05, 3.63) is 53.6 Å². The summed E-state index contributed by atoms with van der Waals surface area (Å²) in [5, 5.41) is 3.30. The van der Waals surface area contributed by atoms with E-state index in [2.05, 4.69) is 16.4 Å². The molecule has 1 aliphatic rings. The van der Waals surface area contributed by atoms with E-state index in [0.29, 0.717) is 31.5 Å². The Balaban J connectivity index is 1.66. The first-order valence-electron chi connectivity index (χ1n) is 8.79. The maximum Gasteiger partial charge on any atom is 0.189 e. The summed E-state index contributed by atoms with van der Waals surface area (Å²) in [5.74, 6) is 2.75. The molecule has 1 heterocycles. The first kappa shape index (κ1) is 17.9. The molecule has 0 amide bonds. The highest BCUT2D eigenvalue weighted by Crippen LogP contribution is 2.31. The molecule has 0 radical (unpaired) electrons. The number of hydrogen-bond donors (Lipinski definition) is 2. The third kappa shape index (κ3) is 4.20. The summed E-state index contributed by atoms with van der Waals surface area (Å²) in [6, 6.07) is 13.9. The lowest BCUT2D eigenvalue weighted by Crippen LogP contribution is -2.37. The van der Waals surface area contributed by atoms with Crippen molar-refractivity contribution >= 4 is 5.96 Å². The third-order valence-corrected chi connectivity index (χ3v) is 4.24. The van der Waals surface area contributed by atoms with Gasteiger partial charge in [-0.25, -0.2) is 4.99 Å². The van der Waals surface area contributed by atoms with Crippen molar-refractivity contribution < 1.29 is 14.2 Å². The van der Waals surface area contributed by atoms with Gasteiger partial charge in [0.25, 0.3) is 0 Å². The van der Waals surface area contributed by atoms with Crippen molar-refractivity contribution in [2.75, 3.05) is 20.3 Å². The molecule has 1 aliphatic heterocycles. The lowest BCUT2D eigenvalue weighted by Gasteiger charge is -2.26. The Labute approximate surface area is 154 Å². The molecule has 3 N–H and O–H groups in total. The SMILES string of the molecule is CCOc1ccc(CN=C(N)NC2CCOc3ccccc32)cc1OC. The quantitative estimate of drug-likeness (QED) is 0.615. The molecule has 1 unspecified atom stereocenters. The molecule has 0 bridgehead atoms.